The van der Waals surface area contributed by atoms with Crippen molar-refractivity contribution in [3.05, 3.63) is 52.6 Å². The first kappa shape index (κ1) is 16.2. The molecule has 2 aromatic heterocycles. The molecule has 2 amide bonds. The first-order valence-electron chi connectivity index (χ1n) is 7.20. The van der Waals surface area contributed by atoms with Crippen molar-refractivity contribution in [3.8, 4) is 0 Å². The van der Waals surface area contributed by atoms with Gasteiger partial charge in [0.25, 0.3) is 5.91 Å². The van der Waals surface area contributed by atoms with Crippen LogP contribution in [0.1, 0.15) is 44.8 Å². The molecule has 0 radical (unpaired) electrons. The molecule has 0 unspecified atom stereocenters. The number of nitrogens with zero attached hydrogens (tertiary/aromatic N) is 1. The van der Waals surface area contributed by atoms with Gasteiger partial charge in [0.15, 0.2) is 0 Å². The van der Waals surface area contributed by atoms with Crippen molar-refractivity contribution < 1.29 is 19.2 Å². The van der Waals surface area contributed by atoms with Gasteiger partial charge in [0, 0.05) is 4.70 Å². The van der Waals surface area contributed by atoms with Crippen molar-refractivity contribution in [2.75, 3.05) is 0 Å². The van der Waals surface area contributed by atoms with Crippen LogP contribution in [0.5, 0.6) is 0 Å². The highest BCUT2D eigenvalue weighted by molar-refractivity contribution is 7.20. The third-order valence-electron chi connectivity index (χ3n) is 3.49. The molecule has 1 atom stereocenters. The maximum atomic E-state index is 12.4. The topological polar surface area (TPSA) is 104 Å². The average molecular weight is 345 g/mol. The van der Waals surface area contributed by atoms with Crippen molar-refractivity contribution in [2.45, 2.75) is 19.9 Å². The number of benzene rings is 1. The molecular formula is C16H15N3O4S. The normalized spacial score (nSPS) is 12.1. The Bertz CT molecular complexity index is 882. The molecule has 0 saturated heterocycles. The molecule has 0 fully saturated rings. The largest absolute Gasteiger partial charge is 0.433 e. The Morgan fingerprint density at radius 2 is 2.04 bits per heavy atom. The van der Waals surface area contributed by atoms with Gasteiger partial charge in [-0.05, 0) is 31.4 Å². The van der Waals surface area contributed by atoms with Crippen molar-refractivity contribution in [3.63, 3.8) is 0 Å². The molecule has 2 heterocycles. The van der Waals surface area contributed by atoms with E-state index in [-0.39, 0.29) is 17.6 Å². The molecule has 1 aromatic carbocycles. The lowest BCUT2D eigenvalue weighted by Crippen LogP contribution is -2.26. The number of amides is 2. The quantitative estimate of drug-likeness (QED) is 0.498. The van der Waals surface area contributed by atoms with E-state index in [0.29, 0.717) is 10.6 Å². The third kappa shape index (κ3) is 3.01. The van der Waals surface area contributed by atoms with Gasteiger partial charge in [-0.2, -0.15) is 0 Å². The zero-order valence-electron chi connectivity index (χ0n) is 13.0. The molecule has 0 aliphatic heterocycles. The average Bonchev–Trinajstić information content (AvgIpc) is 3.17. The van der Waals surface area contributed by atoms with Gasteiger partial charge in [-0.15, -0.1) is 11.3 Å². The summed E-state index contributed by atoms with van der Waals surface area (Å²) in [6, 6.07) is 9.05. The van der Waals surface area contributed by atoms with E-state index < -0.39 is 11.9 Å². The molecule has 124 valence electrons. The molecule has 0 bridgehead atoms. The van der Waals surface area contributed by atoms with E-state index in [1.54, 1.807) is 13.8 Å². The standard InChI is InChI=1S/C16H15N3O4S/c1-8-13(15(21)19-22)23-16(18-8)9(2)17-14(20)12-7-10-5-3-4-6-11(10)24-12/h3-7,9,22H,1-2H3,(H,17,20)(H,19,21)/t9-/m0/s1. The summed E-state index contributed by atoms with van der Waals surface area (Å²) in [4.78, 5) is 28.5. The number of hydrogen-bond donors (Lipinski definition) is 3. The summed E-state index contributed by atoms with van der Waals surface area (Å²) in [7, 11) is 0. The number of thiophene rings is 1. The van der Waals surface area contributed by atoms with Gasteiger partial charge >= 0.3 is 5.91 Å². The van der Waals surface area contributed by atoms with E-state index in [1.165, 1.54) is 16.8 Å². The van der Waals surface area contributed by atoms with E-state index in [0.717, 1.165) is 10.1 Å². The Hall–Kier alpha value is -2.71. The Labute approximate surface area is 141 Å². The van der Waals surface area contributed by atoms with Crippen molar-refractivity contribution in [1.82, 2.24) is 15.8 Å². The van der Waals surface area contributed by atoms with Gasteiger partial charge in [-0.25, -0.2) is 10.5 Å². The number of hydrogen-bond acceptors (Lipinski definition) is 6. The highest BCUT2D eigenvalue weighted by atomic mass is 32.1. The number of aryl methyl sites for hydroxylation is 1. The minimum absolute atomic E-state index is 0.0875. The van der Waals surface area contributed by atoms with Crippen LogP contribution in [0.15, 0.2) is 34.7 Å². The van der Waals surface area contributed by atoms with Crippen LogP contribution in [0, 0.1) is 6.92 Å². The summed E-state index contributed by atoms with van der Waals surface area (Å²) in [5, 5.41) is 12.5. The van der Waals surface area contributed by atoms with Crippen LogP contribution >= 0.6 is 11.3 Å². The predicted octanol–water partition coefficient (Wildman–Crippen LogP) is 2.81. The highest BCUT2D eigenvalue weighted by Gasteiger charge is 2.22. The zero-order valence-corrected chi connectivity index (χ0v) is 13.8. The maximum absolute atomic E-state index is 12.4. The van der Waals surface area contributed by atoms with Crippen LogP contribution in [-0.4, -0.2) is 22.0 Å². The third-order valence-corrected chi connectivity index (χ3v) is 4.60. The Morgan fingerprint density at radius 1 is 1.29 bits per heavy atom. The minimum atomic E-state index is -0.783. The fourth-order valence-electron chi connectivity index (χ4n) is 2.29. The second kappa shape index (κ2) is 6.42. The smallest absolute Gasteiger partial charge is 0.312 e. The molecule has 7 nitrogen and oxygen atoms in total. The lowest BCUT2D eigenvalue weighted by molar-refractivity contribution is 0.0672. The van der Waals surface area contributed by atoms with Gasteiger partial charge in [0.2, 0.25) is 11.7 Å². The summed E-state index contributed by atoms with van der Waals surface area (Å²) >= 11 is 1.40. The lowest BCUT2D eigenvalue weighted by Gasteiger charge is -2.09. The molecule has 24 heavy (non-hydrogen) atoms. The summed E-state index contributed by atoms with van der Waals surface area (Å²) in [5.41, 5.74) is 1.83. The van der Waals surface area contributed by atoms with Crippen LogP contribution < -0.4 is 10.8 Å². The van der Waals surface area contributed by atoms with E-state index in [1.807, 2.05) is 30.3 Å². The molecule has 3 aromatic rings. The number of hydroxylamine groups is 1. The number of nitrogens with one attached hydrogen (secondary N) is 2. The van der Waals surface area contributed by atoms with Crippen LogP contribution in [0.25, 0.3) is 10.1 Å². The van der Waals surface area contributed by atoms with Crippen LogP contribution in [0.4, 0.5) is 0 Å². The number of aromatic nitrogens is 1. The number of carbonyl (C=O) groups excluding carboxylic acids is 2. The van der Waals surface area contributed by atoms with Crippen molar-refractivity contribution in [1.29, 1.82) is 0 Å². The molecule has 8 heteroatoms. The molecule has 3 N–H and O–H groups in total. The fourth-order valence-corrected chi connectivity index (χ4v) is 3.25. The van der Waals surface area contributed by atoms with Gasteiger partial charge in [0.1, 0.15) is 6.04 Å². The first-order chi connectivity index (χ1) is 11.5. The van der Waals surface area contributed by atoms with Crippen LogP contribution in [0.2, 0.25) is 0 Å². The van der Waals surface area contributed by atoms with E-state index in [2.05, 4.69) is 10.3 Å². The molecule has 0 spiro atoms. The minimum Gasteiger partial charge on any atom is -0.433 e. The number of carbonyl (C=O) groups is 2. The van der Waals surface area contributed by atoms with Crippen LogP contribution in [0.3, 0.4) is 0 Å². The van der Waals surface area contributed by atoms with Gasteiger partial charge in [-0.1, -0.05) is 18.2 Å². The first-order valence-corrected chi connectivity index (χ1v) is 8.02. The summed E-state index contributed by atoms with van der Waals surface area (Å²) < 4.78 is 6.36. The predicted molar refractivity (Wildman–Crippen MR) is 88.2 cm³/mol. The van der Waals surface area contributed by atoms with E-state index in [4.69, 9.17) is 9.62 Å². The lowest BCUT2D eigenvalue weighted by atomic mass is 10.2. The maximum Gasteiger partial charge on any atom is 0.312 e. The van der Waals surface area contributed by atoms with E-state index in [9.17, 15) is 9.59 Å². The summed E-state index contributed by atoms with van der Waals surface area (Å²) in [6.45, 7) is 3.29. The second-order valence-corrected chi connectivity index (χ2v) is 6.33. The number of fused-ring (bicyclic) bond motifs is 1. The van der Waals surface area contributed by atoms with Gasteiger partial charge in [0.05, 0.1) is 10.6 Å². The van der Waals surface area contributed by atoms with Gasteiger partial charge in [-0.3, -0.25) is 14.8 Å². The SMILES string of the molecule is Cc1nc([C@H](C)NC(=O)c2cc3ccccc3s2)oc1C(=O)NO. The van der Waals surface area contributed by atoms with Gasteiger partial charge < -0.3 is 9.73 Å². The number of rotatable bonds is 4. The summed E-state index contributed by atoms with van der Waals surface area (Å²) in [6.07, 6.45) is 0. The zero-order chi connectivity index (χ0) is 17.3. The van der Waals surface area contributed by atoms with E-state index >= 15 is 0 Å². The summed E-state index contributed by atoms with van der Waals surface area (Å²) in [5.74, 6) is -0.919. The second-order valence-electron chi connectivity index (χ2n) is 5.25. The van der Waals surface area contributed by atoms with Crippen LogP contribution in [-0.2, 0) is 0 Å². The molecular weight excluding hydrogens is 330 g/mol. The number of oxazole rings is 1. The molecule has 0 aliphatic carbocycles. The fraction of sp³-hybridized carbons (Fsp3) is 0.188. The Balaban J connectivity index is 1.77. The van der Waals surface area contributed by atoms with Crippen molar-refractivity contribution >= 4 is 33.2 Å². The monoisotopic (exact) mass is 345 g/mol. The Kier molecular flexibility index (Phi) is 4.32. The Morgan fingerprint density at radius 3 is 2.75 bits per heavy atom. The molecule has 3 rings (SSSR count). The van der Waals surface area contributed by atoms with Crippen molar-refractivity contribution in [2.24, 2.45) is 0 Å². The highest BCUT2D eigenvalue weighted by Crippen LogP contribution is 2.26. The molecule has 0 saturated carbocycles. The molecule has 0 aliphatic rings.